The van der Waals surface area contributed by atoms with Crippen LogP contribution in [0.1, 0.15) is 27.2 Å². The van der Waals surface area contributed by atoms with Gasteiger partial charge in [0.2, 0.25) is 0 Å². The van der Waals surface area contributed by atoms with Gasteiger partial charge in [-0.05, 0) is 32.4 Å². The molecule has 1 N–H and O–H groups in total. The molecule has 0 aliphatic carbocycles. The summed E-state index contributed by atoms with van der Waals surface area (Å²) in [5, 5.41) is 9.29. The molecule has 0 fully saturated rings. The summed E-state index contributed by atoms with van der Waals surface area (Å²) >= 11 is 0. The fraction of sp³-hybridized carbons (Fsp3) is 0.462. The SMILES string of the molecule is CCC(C)(C)C(=O)Oc1ccc(O)cc1OC. The van der Waals surface area contributed by atoms with Gasteiger partial charge in [-0.3, -0.25) is 4.79 Å². The molecule has 4 heteroatoms. The Morgan fingerprint density at radius 2 is 2.00 bits per heavy atom. The number of carbonyl (C=O) groups excluding carboxylic acids is 1. The Labute approximate surface area is 101 Å². The van der Waals surface area contributed by atoms with Gasteiger partial charge in [-0.25, -0.2) is 0 Å². The molecule has 1 aromatic carbocycles. The van der Waals surface area contributed by atoms with E-state index >= 15 is 0 Å². The highest BCUT2D eigenvalue weighted by atomic mass is 16.6. The van der Waals surface area contributed by atoms with Crippen molar-refractivity contribution in [2.24, 2.45) is 5.41 Å². The molecule has 0 heterocycles. The van der Waals surface area contributed by atoms with Crippen molar-refractivity contribution in [3.8, 4) is 17.2 Å². The first kappa shape index (κ1) is 13.4. The van der Waals surface area contributed by atoms with Gasteiger partial charge in [0.15, 0.2) is 11.5 Å². The second-order valence-electron chi connectivity index (χ2n) is 4.46. The van der Waals surface area contributed by atoms with Gasteiger partial charge in [-0.15, -0.1) is 0 Å². The zero-order valence-electron chi connectivity index (χ0n) is 10.6. The molecule has 0 aliphatic rings. The lowest BCUT2D eigenvalue weighted by Gasteiger charge is -2.20. The molecule has 17 heavy (non-hydrogen) atoms. The summed E-state index contributed by atoms with van der Waals surface area (Å²) in [7, 11) is 1.46. The normalized spacial score (nSPS) is 11.1. The Bertz CT molecular complexity index is 410. The number of carbonyl (C=O) groups is 1. The third-order valence-electron chi connectivity index (χ3n) is 2.79. The number of rotatable bonds is 4. The Morgan fingerprint density at radius 1 is 1.35 bits per heavy atom. The van der Waals surface area contributed by atoms with Crippen LogP contribution in [0.5, 0.6) is 17.2 Å². The van der Waals surface area contributed by atoms with E-state index in [1.807, 2.05) is 20.8 Å². The quantitative estimate of drug-likeness (QED) is 0.647. The predicted octanol–water partition coefficient (Wildman–Crippen LogP) is 2.74. The third-order valence-corrected chi connectivity index (χ3v) is 2.79. The fourth-order valence-corrected chi connectivity index (χ4v) is 1.12. The monoisotopic (exact) mass is 238 g/mol. The molecule has 0 spiro atoms. The van der Waals surface area contributed by atoms with Crippen molar-refractivity contribution in [1.29, 1.82) is 0 Å². The third kappa shape index (κ3) is 3.12. The van der Waals surface area contributed by atoms with Crippen molar-refractivity contribution in [1.82, 2.24) is 0 Å². The van der Waals surface area contributed by atoms with E-state index in [1.165, 1.54) is 25.3 Å². The van der Waals surface area contributed by atoms with E-state index < -0.39 is 5.41 Å². The summed E-state index contributed by atoms with van der Waals surface area (Å²) in [5.74, 6) is 0.405. The maximum Gasteiger partial charge on any atom is 0.317 e. The van der Waals surface area contributed by atoms with Crippen molar-refractivity contribution in [2.45, 2.75) is 27.2 Å². The Hall–Kier alpha value is -1.71. The van der Waals surface area contributed by atoms with Crippen LogP contribution in [-0.4, -0.2) is 18.2 Å². The summed E-state index contributed by atoms with van der Waals surface area (Å²) in [6.07, 6.45) is 0.687. The molecule has 4 nitrogen and oxygen atoms in total. The zero-order valence-corrected chi connectivity index (χ0v) is 10.6. The smallest absolute Gasteiger partial charge is 0.317 e. The van der Waals surface area contributed by atoms with Crippen LogP contribution in [0.3, 0.4) is 0 Å². The van der Waals surface area contributed by atoms with Gasteiger partial charge in [0.05, 0.1) is 12.5 Å². The van der Waals surface area contributed by atoms with E-state index in [9.17, 15) is 9.90 Å². The number of phenolic OH excluding ortho intramolecular Hbond substituents is 1. The van der Waals surface area contributed by atoms with Crippen molar-refractivity contribution in [3.05, 3.63) is 18.2 Å². The summed E-state index contributed by atoms with van der Waals surface area (Å²) in [6, 6.07) is 4.36. The first-order chi connectivity index (χ1) is 7.90. The Morgan fingerprint density at radius 3 is 2.53 bits per heavy atom. The summed E-state index contributed by atoms with van der Waals surface area (Å²) in [5.41, 5.74) is -0.539. The van der Waals surface area contributed by atoms with Crippen LogP contribution in [0, 0.1) is 5.41 Å². The van der Waals surface area contributed by atoms with Crippen molar-refractivity contribution < 1.29 is 19.4 Å². The number of methoxy groups -OCH3 is 1. The molecule has 0 saturated heterocycles. The Balaban J connectivity index is 2.92. The maximum absolute atomic E-state index is 11.9. The second-order valence-corrected chi connectivity index (χ2v) is 4.46. The first-order valence-corrected chi connectivity index (χ1v) is 5.50. The minimum atomic E-state index is -0.539. The summed E-state index contributed by atoms with van der Waals surface area (Å²) < 4.78 is 10.3. The predicted molar refractivity (Wildman–Crippen MR) is 64.4 cm³/mol. The van der Waals surface area contributed by atoms with Gasteiger partial charge < -0.3 is 14.6 Å². The average Bonchev–Trinajstić information content (AvgIpc) is 2.31. The van der Waals surface area contributed by atoms with Crippen LogP contribution in [0.4, 0.5) is 0 Å². The average molecular weight is 238 g/mol. The highest BCUT2D eigenvalue weighted by Crippen LogP contribution is 2.33. The number of aromatic hydroxyl groups is 1. The van der Waals surface area contributed by atoms with Gasteiger partial charge >= 0.3 is 5.97 Å². The van der Waals surface area contributed by atoms with Crippen LogP contribution in [0.2, 0.25) is 0 Å². The second kappa shape index (κ2) is 5.08. The van der Waals surface area contributed by atoms with Crippen LogP contribution in [0.15, 0.2) is 18.2 Å². The van der Waals surface area contributed by atoms with Gasteiger partial charge in [0.1, 0.15) is 5.75 Å². The van der Waals surface area contributed by atoms with Crippen LogP contribution in [-0.2, 0) is 4.79 Å². The van der Waals surface area contributed by atoms with E-state index in [-0.39, 0.29) is 11.7 Å². The molecule has 1 rings (SSSR count). The molecular formula is C13H18O4. The highest BCUT2D eigenvalue weighted by molar-refractivity contribution is 5.79. The van der Waals surface area contributed by atoms with E-state index in [1.54, 1.807) is 0 Å². The summed E-state index contributed by atoms with van der Waals surface area (Å²) in [6.45, 7) is 5.57. The van der Waals surface area contributed by atoms with Gasteiger partial charge in [-0.1, -0.05) is 6.92 Å². The molecule has 0 radical (unpaired) electrons. The number of esters is 1. The summed E-state index contributed by atoms with van der Waals surface area (Å²) in [4.78, 5) is 11.9. The topological polar surface area (TPSA) is 55.8 Å². The molecular weight excluding hydrogens is 220 g/mol. The van der Waals surface area contributed by atoms with Crippen LogP contribution in [0.25, 0.3) is 0 Å². The lowest BCUT2D eigenvalue weighted by Crippen LogP contribution is -2.28. The van der Waals surface area contributed by atoms with Crippen molar-refractivity contribution >= 4 is 5.97 Å². The van der Waals surface area contributed by atoms with Crippen molar-refractivity contribution in [3.63, 3.8) is 0 Å². The fourth-order valence-electron chi connectivity index (χ4n) is 1.12. The van der Waals surface area contributed by atoms with E-state index in [0.717, 1.165) is 0 Å². The van der Waals surface area contributed by atoms with Gasteiger partial charge in [-0.2, -0.15) is 0 Å². The van der Waals surface area contributed by atoms with Crippen molar-refractivity contribution in [2.75, 3.05) is 7.11 Å². The van der Waals surface area contributed by atoms with Crippen LogP contribution < -0.4 is 9.47 Å². The molecule has 1 aromatic rings. The lowest BCUT2D eigenvalue weighted by molar-refractivity contribution is -0.144. The van der Waals surface area contributed by atoms with Crippen LogP contribution >= 0.6 is 0 Å². The molecule has 94 valence electrons. The number of hydrogen-bond acceptors (Lipinski definition) is 4. The lowest BCUT2D eigenvalue weighted by atomic mass is 9.91. The Kier molecular flexibility index (Phi) is 3.99. The minimum Gasteiger partial charge on any atom is -0.508 e. The number of benzene rings is 1. The van der Waals surface area contributed by atoms with E-state index in [2.05, 4.69) is 0 Å². The number of ether oxygens (including phenoxy) is 2. The molecule has 0 saturated carbocycles. The molecule has 0 aliphatic heterocycles. The standard InChI is InChI=1S/C13H18O4/c1-5-13(2,3)12(15)17-10-7-6-9(14)8-11(10)16-4/h6-8,14H,5H2,1-4H3. The molecule has 0 amide bonds. The van der Waals surface area contributed by atoms with E-state index in [0.29, 0.717) is 17.9 Å². The maximum atomic E-state index is 11.9. The first-order valence-electron chi connectivity index (χ1n) is 5.50. The highest BCUT2D eigenvalue weighted by Gasteiger charge is 2.28. The minimum absolute atomic E-state index is 0.0661. The molecule has 0 unspecified atom stereocenters. The largest absolute Gasteiger partial charge is 0.508 e. The molecule has 0 bridgehead atoms. The molecule has 0 aromatic heterocycles. The number of phenols is 1. The van der Waals surface area contributed by atoms with Gasteiger partial charge in [0.25, 0.3) is 0 Å². The zero-order chi connectivity index (χ0) is 13.1. The van der Waals surface area contributed by atoms with E-state index in [4.69, 9.17) is 9.47 Å². The van der Waals surface area contributed by atoms with Gasteiger partial charge in [0, 0.05) is 6.07 Å². The molecule has 0 atom stereocenters. The number of hydrogen-bond donors (Lipinski definition) is 1.